The summed E-state index contributed by atoms with van der Waals surface area (Å²) in [4.78, 5) is 6.83. The van der Waals surface area contributed by atoms with E-state index in [-0.39, 0.29) is 0 Å². The third-order valence-electron chi connectivity index (χ3n) is 3.04. The molecule has 1 fully saturated rings. The summed E-state index contributed by atoms with van der Waals surface area (Å²) >= 11 is 0. The Bertz CT molecular complexity index is 303. The van der Waals surface area contributed by atoms with Crippen LogP contribution in [-0.2, 0) is 6.54 Å². The van der Waals surface area contributed by atoms with Crippen LogP contribution in [0.2, 0.25) is 0 Å². The largest absolute Gasteiger partial charge is 0.314 e. The molecule has 82 valence electrons. The Morgan fingerprint density at radius 2 is 2.27 bits per heavy atom. The SMILES string of the molecule is CCN(Cc1ccc(C)nc1)C1CNC1. The smallest absolute Gasteiger partial charge is 0.0372 e. The fraction of sp³-hybridized carbons (Fsp3) is 0.583. The third-order valence-corrected chi connectivity index (χ3v) is 3.04. The first-order valence-corrected chi connectivity index (χ1v) is 5.66. The van der Waals surface area contributed by atoms with Gasteiger partial charge in [-0.15, -0.1) is 0 Å². The Labute approximate surface area is 91.5 Å². The molecule has 0 atom stereocenters. The lowest BCUT2D eigenvalue weighted by atomic mass is 10.1. The van der Waals surface area contributed by atoms with Crippen molar-refractivity contribution in [1.29, 1.82) is 0 Å². The molecule has 3 nitrogen and oxygen atoms in total. The highest BCUT2D eigenvalue weighted by atomic mass is 15.2. The molecule has 0 spiro atoms. The van der Waals surface area contributed by atoms with Crippen molar-refractivity contribution >= 4 is 0 Å². The highest BCUT2D eigenvalue weighted by Gasteiger charge is 2.22. The maximum Gasteiger partial charge on any atom is 0.0372 e. The number of nitrogens with one attached hydrogen (secondary N) is 1. The van der Waals surface area contributed by atoms with Gasteiger partial charge in [-0.2, -0.15) is 0 Å². The van der Waals surface area contributed by atoms with Crippen LogP contribution in [0.25, 0.3) is 0 Å². The monoisotopic (exact) mass is 205 g/mol. The van der Waals surface area contributed by atoms with E-state index in [2.05, 4.69) is 34.3 Å². The van der Waals surface area contributed by atoms with Gasteiger partial charge < -0.3 is 5.32 Å². The molecule has 15 heavy (non-hydrogen) atoms. The second-order valence-electron chi connectivity index (χ2n) is 4.18. The molecule has 0 saturated carbocycles. The van der Waals surface area contributed by atoms with Crippen molar-refractivity contribution in [2.75, 3.05) is 19.6 Å². The Morgan fingerprint density at radius 3 is 2.73 bits per heavy atom. The molecule has 1 saturated heterocycles. The van der Waals surface area contributed by atoms with Crippen LogP contribution >= 0.6 is 0 Å². The van der Waals surface area contributed by atoms with Crippen molar-refractivity contribution in [1.82, 2.24) is 15.2 Å². The van der Waals surface area contributed by atoms with Gasteiger partial charge >= 0.3 is 0 Å². The molecule has 3 heteroatoms. The standard InChI is InChI=1S/C12H19N3/c1-3-15(12-7-13-8-12)9-11-5-4-10(2)14-6-11/h4-6,12-13H,3,7-9H2,1-2H3. The van der Waals surface area contributed by atoms with Gasteiger partial charge in [0.05, 0.1) is 0 Å². The van der Waals surface area contributed by atoms with Gasteiger partial charge in [0.15, 0.2) is 0 Å². The average molecular weight is 205 g/mol. The molecule has 0 aromatic carbocycles. The van der Waals surface area contributed by atoms with E-state index in [1.807, 2.05) is 13.1 Å². The molecule has 1 aliphatic heterocycles. The van der Waals surface area contributed by atoms with E-state index in [0.717, 1.165) is 37.9 Å². The number of nitrogens with zero attached hydrogens (tertiary/aromatic N) is 2. The summed E-state index contributed by atoms with van der Waals surface area (Å²) in [5.41, 5.74) is 2.40. The van der Waals surface area contributed by atoms with E-state index in [9.17, 15) is 0 Å². The van der Waals surface area contributed by atoms with Crippen LogP contribution < -0.4 is 5.32 Å². The number of likely N-dealkylation sites (N-methyl/N-ethyl adjacent to an activating group) is 1. The first-order chi connectivity index (χ1) is 7.29. The lowest BCUT2D eigenvalue weighted by Crippen LogP contribution is -2.56. The van der Waals surface area contributed by atoms with Crippen molar-refractivity contribution in [2.24, 2.45) is 0 Å². The van der Waals surface area contributed by atoms with Gasteiger partial charge in [-0.1, -0.05) is 13.0 Å². The molecule has 0 bridgehead atoms. The predicted octanol–water partition coefficient (Wildman–Crippen LogP) is 1.18. The first-order valence-electron chi connectivity index (χ1n) is 5.66. The topological polar surface area (TPSA) is 28.2 Å². The van der Waals surface area contributed by atoms with E-state index in [0.29, 0.717) is 0 Å². The van der Waals surface area contributed by atoms with E-state index < -0.39 is 0 Å². The molecule has 0 radical (unpaired) electrons. The third kappa shape index (κ3) is 2.55. The summed E-state index contributed by atoms with van der Waals surface area (Å²) in [5.74, 6) is 0. The minimum absolute atomic E-state index is 0.719. The van der Waals surface area contributed by atoms with Crippen molar-refractivity contribution in [2.45, 2.75) is 26.4 Å². The molecule has 2 heterocycles. The minimum atomic E-state index is 0.719. The summed E-state index contributed by atoms with van der Waals surface area (Å²) in [6.07, 6.45) is 1.99. The molecule has 1 aromatic heterocycles. The molecule has 1 N–H and O–H groups in total. The summed E-state index contributed by atoms with van der Waals surface area (Å²) < 4.78 is 0. The Kier molecular flexibility index (Phi) is 3.34. The molecule has 0 unspecified atom stereocenters. The Hall–Kier alpha value is -0.930. The lowest BCUT2D eigenvalue weighted by molar-refractivity contribution is 0.145. The second-order valence-corrected chi connectivity index (χ2v) is 4.18. The normalized spacial score (nSPS) is 16.7. The van der Waals surface area contributed by atoms with Gasteiger partial charge in [-0.25, -0.2) is 0 Å². The van der Waals surface area contributed by atoms with Crippen LogP contribution in [-0.4, -0.2) is 35.6 Å². The molecule has 2 rings (SSSR count). The zero-order chi connectivity index (χ0) is 10.7. The number of rotatable bonds is 4. The van der Waals surface area contributed by atoms with Crippen molar-refractivity contribution in [3.8, 4) is 0 Å². The first kappa shape index (κ1) is 10.6. The molecular formula is C12H19N3. The van der Waals surface area contributed by atoms with Gasteiger partial charge in [0.1, 0.15) is 0 Å². The second kappa shape index (κ2) is 4.73. The van der Waals surface area contributed by atoms with E-state index in [1.54, 1.807) is 0 Å². The van der Waals surface area contributed by atoms with Crippen molar-refractivity contribution < 1.29 is 0 Å². The Balaban J connectivity index is 1.96. The minimum Gasteiger partial charge on any atom is -0.314 e. The zero-order valence-corrected chi connectivity index (χ0v) is 9.53. The lowest BCUT2D eigenvalue weighted by Gasteiger charge is -2.37. The molecule has 1 aliphatic rings. The number of hydrogen-bond donors (Lipinski definition) is 1. The van der Waals surface area contributed by atoms with E-state index in [1.165, 1.54) is 5.56 Å². The number of pyridine rings is 1. The summed E-state index contributed by atoms with van der Waals surface area (Å²) in [6, 6.07) is 4.98. The highest BCUT2D eigenvalue weighted by molar-refractivity contribution is 5.13. The molecule has 1 aromatic rings. The van der Waals surface area contributed by atoms with E-state index >= 15 is 0 Å². The molecule has 0 aliphatic carbocycles. The molecular weight excluding hydrogens is 186 g/mol. The van der Waals surface area contributed by atoms with Crippen LogP contribution in [0, 0.1) is 6.92 Å². The van der Waals surface area contributed by atoms with Crippen molar-refractivity contribution in [3.63, 3.8) is 0 Å². The van der Waals surface area contributed by atoms with E-state index in [4.69, 9.17) is 0 Å². The summed E-state index contributed by atoms with van der Waals surface area (Å²) in [6.45, 7) is 8.65. The number of aromatic nitrogens is 1. The van der Waals surface area contributed by atoms with Gasteiger partial charge in [0, 0.05) is 37.6 Å². The fourth-order valence-electron chi connectivity index (χ4n) is 1.86. The summed E-state index contributed by atoms with van der Waals surface area (Å²) in [7, 11) is 0. The quantitative estimate of drug-likeness (QED) is 0.800. The van der Waals surface area contributed by atoms with Crippen LogP contribution in [0.3, 0.4) is 0 Å². The van der Waals surface area contributed by atoms with Gasteiger partial charge in [-0.05, 0) is 25.1 Å². The fourth-order valence-corrected chi connectivity index (χ4v) is 1.86. The number of aryl methyl sites for hydroxylation is 1. The maximum atomic E-state index is 4.33. The Morgan fingerprint density at radius 1 is 1.47 bits per heavy atom. The average Bonchev–Trinajstić information content (AvgIpc) is 2.17. The van der Waals surface area contributed by atoms with Gasteiger partial charge in [0.2, 0.25) is 0 Å². The summed E-state index contributed by atoms with van der Waals surface area (Å²) in [5, 5.41) is 3.31. The highest BCUT2D eigenvalue weighted by Crippen LogP contribution is 2.10. The van der Waals surface area contributed by atoms with Crippen LogP contribution in [0.5, 0.6) is 0 Å². The molecule has 0 amide bonds. The van der Waals surface area contributed by atoms with Crippen molar-refractivity contribution in [3.05, 3.63) is 29.6 Å². The van der Waals surface area contributed by atoms with Gasteiger partial charge in [-0.3, -0.25) is 9.88 Å². The predicted molar refractivity (Wildman–Crippen MR) is 61.7 cm³/mol. The number of hydrogen-bond acceptors (Lipinski definition) is 3. The zero-order valence-electron chi connectivity index (χ0n) is 9.53. The van der Waals surface area contributed by atoms with Gasteiger partial charge in [0.25, 0.3) is 0 Å². The van der Waals surface area contributed by atoms with Crippen LogP contribution in [0.1, 0.15) is 18.2 Å². The maximum absolute atomic E-state index is 4.33. The van der Waals surface area contributed by atoms with Crippen LogP contribution in [0.4, 0.5) is 0 Å². The van der Waals surface area contributed by atoms with Crippen LogP contribution in [0.15, 0.2) is 18.3 Å².